The van der Waals surface area contributed by atoms with Gasteiger partial charge in [-0.1, -0.05) is 13.0 Å². The maximum Gasteiger partial charge on any atom is 0.200 e. The van der Waals surface area contributed by atoms with Gasteiger partial charge in [-0.3, -0.25) is 0 Å². The van der Waals surface area contributed by atoms with Crippen LogP contribution in [-0.4, -0.2) is 16.8 Å². The quantitative estimate of drug-likeness (QED) is 0.677. The number of phenolic OH excluding ortho intramolecular Hbond substituents is 2. The number of phenols is 2. The summed E-state index contributed by atoms with van der Waals surface area (Å²) in [4.78, 5) is 0. The number of para-hydroxylation sites is 1. The van der Waals surface area contributed by atoms with E-state index in [1.807, 2.05) is 6.92 Å². The first-order valence-electron chi connectivity index (χ1n) is 3.89. The van der Waals surface area contributed by atoms with Crippen molar-refractivity contribution in [3.05, 3.63) is 18.2 Å². The van der Waals surface area contributed by atoms with Gasteiger partial charge in [-0.05, 0) is 18.6 Å². The normalized spacial score (nSPS) is 9.75. The van der Waals surface area contributed by atoms with E-state index in [1.54, 1.807) is 12.1 Å². The maximum absolute atomic E-state index is 9.25. The zero-order valence-corrected chi connectivity index (χ0v) is 6.95. The van der Waals surface area contributed by atoms with Crippen molar-refractivity contribution in [2.45, 2.75) is 13.3 Å². The van der Waals surface area contributed by atoms with Gasteiger partial charge in [0.2, 0.25) is 5.75 Å². The van der Waals surface area contributed by atoms with Crippen molar-refractivity contribution >= 4 is 0 Å². The average Bonchev–Trinajstić information content (AvgIpc) is 2.08. The average molecular weight is 168 g/mol. The van der Waals surface area contributed by atoms with E-state index in [1.165, 1.54) is 6.07 Å². The van der Waals surface area contributed by atoms with Gasteiger partial charge < -0.3 is 14.9 Å². The first kappa shape index (κ1) is 8.71. The molecule has 0 fully saturated rings. The molecule has 0 saturated heterocycles. The number of hydrogen-bond donors (Lipinski definition) is 2. The van der Waals surface area contributed by atoms with Crippen LogP contribution in [-0.2, 0) is 0 Å². The Morgan fingerprint density at radius 1 is 1.33 bits per heavy atom. The molecule has 0 aromatic heterocycles. The van der Waals surface area contributed by atoms with E-state index in [2.05, 4.69) is 0 Å². The second-order valence-electron chi connectivity index (χ2n) is 2.47. The van der Waals surface area contributed by atoms with Crippen LogP contribution in [0.3, 0.4) is 0 Å². The Bertz CT molecular complexity index is 258. The molecule has 1 rings (SSSR count). The molecule has 0 bridgehead atoms. The second-order valence-corrected chi connectivity index (χ2v) is 2.47. The van der Waals surface area contributed by atoms with Gasteiger partial charge in [0.15, 0.2) is 11.5 Å². The first-order valence-corrected chi connectivity index (χ1v) is 3.89. The highest BCUT2D eigenvalue weighted by molar-refractivity contribution is 5.48. The maximum atomic E-state index is 9.25. The number of hydrogen-bond acceptors (Lipinski definition) is 3. The number of ether oxygens (including phenoxy) is 1. The fourth-order valence-corrected chi connectivity index (χ4v) is 0.839. The largest absolute Gasteiger partial charge is 0.504 e. The molecule has 0 amide bonds. The lowest BCUT2D eigenvalue weighted by Crippen LogP contribution is -1.94. The Kier molecular flexibility index (Phi) is 2.80. The topological polar surface area (TPSA) is 49.7 Å². The van der Waals surface area contributed by atoms with E-state index in [-0.39, 0.29) is 11.5 Å². The van der Waals surface area contributed by atoms with E-state index in [9.17, 15) is 5.11 Å². The van der Waals surface area contributed by atoms with Crippen LogP contribution in [0.4, 0.5) is 0 Å². The van der Waals surface area contributed by atoms with Gasteiger partial charge in [0.1, 0.15) is 0 Å². The van der Waals surface area contributed by atoms with Gasteiger partial charge in [-0.25, -0.2) is 0 Å². The van der Waals surface area contributed by atoms with E-state index in [0.29, 0.717) is 12.4 Å². The summed E-state index contributed by atoms with van der Waals surface area (Å²) in [6.45, 7) is 2.51. The van der Waals surface area contributed by atoms with Crippen molar-refractivity contribution in [2.75, 3.05) is 6.61 Å². The SMILES string of the molecule is CCCOc1cccc(O)c1O. The van der Waals surface area contributed by atoms with E-state index >= 15 is 0 Å². The van der Waals surface area contributed by atoms with Crippen LogP contribution in [0.25, 0.3) is 0 Å². The summed E-state index contributed by atoms with van der Waals surface area (Å²) in [6, 6.07) is 4.65. The molecule has 0 heterocycles. The summed E-state index contributed by atoms with van der Waals surface area (Å²) in [5.41, 5.74) is 0. The standard InChI is InChI=1S/C9H12O3/c1-2-6-12-8-5-3-4-7(10)9(8)11/h3-5,10-11H,2,6H2,1H3. The molecule has 0 atom stereocenters. The van der Waals surface area contributed by atoms with E-state index < -0.39 is 0 Å². The molecule has 1 aromatic carbocycles. The summed E-state index contributed by atoms with van der Waals surface area (Å²) in [5, 5.41) is 18.3. The lowest BCUT2D eigenvalue weighted by atomic mass is 10.3. The molecule has 3 heteroatoms. The summed E-state index contributed by atoms with van der Waals surface area (Å²) in [7, 11) is 0. The molecule has 0 spiro atoms. The molecule has 0 aliphatic rings. The summed E-state index contributed by atoms with van der Waals surface area (Å²) < 4.78 is 5.16. The fourth-order valence-electron chi connectivity index (χ4n) is 0.839. The van der Waals surface area contributed by atoms with Crippen LogP contribution in [0.15, 0.2) is 18.2 Å². The highest BCUT2D eigenvalue weighted by Crippen LogP contribution is 2.34. The van der Waals surface area contributed by atoms with E-state index in [0.717, 1.165) is 6.42 Å². The third-order valence-corrected chi connectivity index (χ3v) is 1.44. The minimum Gasteiger partial charge on any atom is -0.504 e. The zero-order chi connectivity index (χ0) is 8.97. The molecule has 2 N–H and O–H groups in total. The van der Waals surface area contributed by atoms with Crippen molar-refractivity contribution in [1.82, 2.24) is 0 Å². The molecular formula is C9H12O3. The predicted molar refractivity (Wildman–Crippen MR) is 45.6 cm³/mol. The molecule has 3 nitrogen and oxygen atoms in total. The summed E-state index contributed by atoms with van der Waals surface area (Å²) in [6.07, 6.45) is 0.870. The lowest BCUT2D eigenvalue weighted by Gasteiger charge is -2.06. The lowest BCUT2D eigenvalue weighted by molar-refractivity contribution is 0.292. The van der Waals surface area contributed by atoms with Gasteiger partial charge in [-0.2, -0.15) is 0 Å². The minimum atomic E-state index is -0.189. The van der Waals surface area contributed by atoms with Crippen LogP contribution < -0.4 is 4.74 Å². The van der Waals surface area contributed by atoms with Gasteiger partial charge >= 0.3 is 0 Å². The van der Waals surface area contributed by atoms with Crippen molar-refractivity contribution < 1.29 is 14.9 Å². The molecule has 0 radical (unpaired) electrons. The van der Waals surface area contributed by atoms with Crippen molar-refractivity contribution in [1.29, 1.82) is 0 Å². The molecule has 1 aromatic rings. The van der Waals surface area contributed by atoms with Crippen molar-refractivity contribution in [3.63, 3.8) is 0 Å². The number of aromatic hydroxyl groups is 2. The minimum absolute atomic E-state index is 0.149. The number of benzene rings is 1. The van der Waals surface area contributed by atoms with Crippen LogP contribution in [0.1, 0.15) is 13.3 Å². The molecule has 0 aliphatic carbocycles. The Balaban J connectivity index is 2.78. The van der Waals surface area contributed by atoms with Crippen molar-refractivity contribution in [2.24, 2.45) is 0 Å². The monoisotopic (exact) mass is 168 g/mol. The number of rotatable bonds is 3. The molecular weight excluding hydrogens is 156 g/mol. The Morgan fingerprint density at radius 2 is 2.08 bits per heavy atom. The van der Waals surface area contributed by atoms with Crippen LogP contribution in [0.2, 0.25) is 0 Å². The zero-order valence-electron chi connectivity index (χ0n) is 6.95. The highest BCUT2D eigenvalue weighted by Gasteiger charge is 2.05. The second kappa shape index (κ2) is 3.85. The smallest absolute Gasteiger partial charge is 0.200 e. The van der Waals surface area contributed by atoms with Crippen molar-refractivity contribution in [3.8, 4) is 17.2 Å². The first-order chi connectivity index (χ1) is 5.75. The molecule has 0 unspecified atom stereocenters. The molecule has 0 aliphatic heterocycles. The van der Waals surface area contributed by atoms with Crippen LogP contribution >= 0.6 is 0 Å². The Morgan fingerprint density at radius 3 is 2.75 bits per heavy atom. The van der Waals surface area contributed by atoms with Crippen LogP contribution in [0, 0.1) is 0 Å². The highest BCUT2D eigenvalue weighted by atomic mass is 16.5. The van der Waals surface area contributed by atoms with Crippen LogP contribution in [0.5, 0.6) is 17.2 Å². The summed E-state index contributed by atoms with van der Waals surface area (Å²) >= 11 is 0. The third-order valence-electron chi connectivity index (χ3n) is 1.44. The fraction of sp³-hybridized carbons (Fsp3) is 0.333. The molecule has 12 heavy (non-hydrogen) atoms. The van der Waals surface area contributed by atoms with Gasteiger partial charge in [0.25, 0.3) is 0 Å². The predicted octanol–water partition coefficient (Wildman–Crippen LogP) is 1.89. The Labute approximate surface area is 71.2 Å². The van der Waals surface area contributed by atoms with Gasteiger partial charge in [0, 0.05) is 0 Å². The molecule has 66 valence electrons. The summed E-state index contributed by atoms with van der Waals surface area (Å²) in [5.74, 6) is -0.00796. The third kappa shape index (κ3) is 1.81. The van der Waals surface area contributed by atoms with Gasteiger partial charge in [0.05, 0.1) is 6.61 Å². The van der Waals surface area contributed by atoms with Gasteiger partial charge in [-0.15, -0.1) is 0 Å². The molecule has 0 saturated carbocycles. The van der Waals surface area contributed by atoms with E-state index in [4.69, 9.17) is 9.84 Å². The Hall–Kier alpha value is -1.38.